The first-order valence-electron chi connectivity index (χ1n) is 10.1. The van der Waals surface area contributed by atoms with Crippen molar-refractivity contribution in [1.82, 2.24) is 19.8 Å². The molecule has 6 nitrogen and oxygen atoms in total. The van der Waals surface area contributed by atoms with Crippen LogP contribution in [0, 0.1) is 6.92 Å². The molecule has 0 aliphatic heterocycles. The summed E-state index contributed by atoms with van der Waals surface area (Å²) in [5, 5.41) is 3.58. The third-order valence-electron chi connectivity index (χ3n) is 5.18. The molecule has 4 rings (SSSR count). The third kappa shape index (κ3) is 4.57. The topological polar surface area (TPSA) is 67.2 Å². The van der Waals surface area contributed by atoms with Gasteiger partial charge < -0.3 is 10.2 Å². The van der Waals surface area contributed by atoms with Crippen molar-refractivity contribution in [2.45, 2.75) is 30.7 Å². The Morgan fingerprint density at radius 2 is 2.03 bits per heavy atom. The van der Waals surface area contributed by atoms with Crippen LogP contribution in [0.5, 0.6) is 0 Å². The lowest BCUT2D eigenvalue weighted by molar-refractivity contribution is 0.0951. The molecule has 0 spiro atoms. The second-order valence-electron chi connectivity index (χ2n) is 8.00. The van der Waals surface area contributed by atoms with Gasteiger partial charge in [-0.25, -0.2) is 4.98 Å². The van der Waals surface area contributed by atoms with Crippen LogP contribution in [0.25, 0.3) is 16.6 Å². The van der Waals surface area contributed by atoms with E-state index in [1.165, 1.54) is 0 Å². The number of hydrogen-bond donors (Lipinski definition) is 1. The number of benzene rings is 2. The Kier molecular flexibility index (Phi) is 5.92. The molecule has 0 saturated heterocycles. The summed E-state index contributed by atoms with van der Waals surface area (Å²) in [6.45, 7) is 2.90. The molecule has 1 aliphatic rings. The van der Waals surface area contributed by atoms with Gasteiger partial charge in [0.15, 0.2) is 0 Å². The van der Waals surface area contributed by atoms with Crippen molar-refractivity contribution < 1.29 is 4.79 Å². The number of aromatic nitrogens is 2. The monoisotopic (exact) mass is 422 g/mol. The van der Waals surface area contributed by atoms with Crippen LogP contribution in [-0.2, 0) is 0 Å². The Morgan fingerprint density at radius 3 is 2.77 bits per heavy atom. The highest BCUT2D eigenvalue weighted by molar-refractivity contribution is 7.99. The van der Waals surface area contributed by atoms with Gasteiger partial charge in [0.2, 0.25) is 0 Å². The Morgan fingerprint density at radius 1 is 1.23 bits per heavy atom. The molecule has 2 aromatic carbocycles. The number of nitrogens with zero attached hydrogens (tertiary/aromatic N) is 3. The number of carbonyl (C=O) groups excluding carboxylic acids is 1. The van der Waals surface area contributed by atoms with Crippen LogP contribution >= 0.6 is 11.8 Å². The van der Waals surface area contributed by atoms with Crippen LogP contribution in [0.1, 0.15) is 28.8 Å². The zero-order valence-corrected chi connectivity index (χ0v) is 18.3. The quantitative estimate of drug-likeness (QED) is 0.592. The zero-order chi connectivity index (χ0) is 21.3. The van der Waals surface area contributed by atoms with Crippen molar-refractivity contribution in [2.24, 2.45) is 0 Å². The number of amides is 1. The van der Waals surface area contributed by atoms with E-state index >= 15 is 0 Å². The highest BCUT2D eigenvalue weighted by Crippen LogP contribution is 2.23. The Labute approximate surface area is 180 Å². The van der Waals surface area contributed by atoms with E-state index in [0.717, 1.165) is 35.6 Å². The summed E-state index contributed by atoms with van der Waals surface area (Å²) in [5.74, 6) is 0.852. The first kappa shape index (κ1) is 20.6. The van der Waals surface area contributed by atoms with Crippen LogP contribution in [0.15, 0.2) is 52.4 Å². The van der Waals surface area contributed by atoms with Gasteiger partial charge in [0, 0.05) is 28.8 Å². The summed E-state index contributed by atoms with van der Waals surface area (Å²) in [7, 11) is 4.09. The number of thioether (sulfide) groups is 1. The average Bonchev–Trinajstić information content (AvgIpc) is 3.53. The zero-order valence-electron chi connectivity index (χ0n) is 17.5. The molecule has 7 heteroatoms. The van der Waals surface area contributed by atoms with E-state index in [4.69, 9.17) is 0 Å². The minimum atomic E-state index is -0.127. The summed E-state index contributed by atoms with van der Waals surface area (Å²) in [6, 6.07) is 11.6. The van der Waals surface area contributed by atoms with E-state index in [9.17, 15) is 9.59 Å². The fourth-order valence-electron chi connectivity index (χ4n) is 3.22. The van der Waals surface area contributed by atoms with E-state index in [1.807, 2.05) is 45.3 Å². The van der Waals surface area contributed by atoms with Gasteiger partial charge in [0.05, 0.1) is 16.6 Å². The first-order valence-corrected chi connectivity index (χ1v) is 11.1. The van der Waals surface area contributed by atoms with Crippen LogP contribution in [0.3, 0.4) is 0 Å². The van der Waals surface area contributed by atoms with E-state index in [1.54, 1.807) is 34.8 Å². The lowest BCUT2D eigenvalue weighted by atomic mass is 10.1. The van der Waals surface area contributed by atoms with E-state index in [2.05, 4.69) is 15.2 Å². The van der Waals surface area contributed by atoms with Crippen LogP contribution in [-0.4, -0.2) is 52.8 Å². The second kappa shape index (κ2) is 8.62. The van der Waals surface area contributed by atoms with Crippen molar-refractivity contribution in [3.05, 3.63) is 64.2 Å². The van der Waals surface area contributed by atoms with E-state index < -0.39 is 0 Å². The molecule has 1 aliphatic carbocycles. The third-order valence-corrected chi connectivity index (χ3v) is 6.15. The highest BCUT2D eigenvalue weighted by atomic mass is 32.2. The van der Waals surface area contributed by atoms with Crippen LogP contribution in [0.4, 0.5) is 0 Å². The highest BCUT2D eigenvalue weighted by Gasteiger charge is 2.24. The van der Waals surface area contributed by atoms with Gasteiger partial charge in [-0.05, 0) is 69.8 Å². The van der Waals surface area contributed by atoms with Crippen molar-refractivity contribution >= 4 is 28.6 Å². The van der Waals surface area contributed by atoms with Crippen molar-refractivity contribution in [1.29, 1.82) is 0 Å². The van der Waals surface area contributed by atoms with Gasteiger partial charge in [-0.3, -0.25) is 14.2 Å². The number of nitrogens with one attached hydrogen (secondary N) is 1. The molecule has 1 heterocycles. The van der Waals surface area contributed by atoms with Gasteiger partial charge in [0.1, 0.15) is 6.33 Å². The molecular formula is C23H26N4O2S. The van der Waals surface area contributed by atoms with Gasteiger partial charge in [-0.15, -0.1) is 11.8 Å². The van der Waals surface area contributed by atoms with Gasteiger partial charge in [-0.1, -0.05) is 6.07 Å². The van der Waals surface area contributed by atoms with Gasteiger partial charge in [0.25, 0.3) is 11.5 Å². The van der Waals surface area contributed by atoms with Gasteiger partial charge in [-0.2, -0.15) is 0 Å². The molecule has 1 N–H and O–H groups in total. The minimum absolute atomic E-state index is 0.0971. The second-order valence-corrected chi connectivity index (χ2v) is 9.17. The SMILES string of the molecule is Cc1ccc(C(=O)NC2CC2)cc1-n1cnc2ccc(SCCN(C)C)cc2c1=O. The fourth-order valence-corrected chi connectivity index (χ4v) is 4.27. The lowest BCUT2D eigenvalue weighted by Crippen LogP contribution is -2.26. The molecule has 30 heavy (non-hydrogen) atoms. The number of hydrogen-bond acceptors (Lipinski definition) is 5. The van der Waals surface area contributed by atoms with Crippen molar-refractivity contribution in [3.63, 3.8) is 0 Å². The van der Waals surface area contributed by atoms with E-state index in [0.29, 0.717) is 22.2 Å². The summed E-state index contributed by atoms with van der Waals surface area (Å²) >= 11 is 1.72. The van der Waals surface area contributed by atoms with Gasteiger partial charge >= 0.3 is 0 Å². The molecule has 1 amide bonds. The van der Waals surface area contributed by atoms with E-state index in [-0.39, 0.29) is 17.5 Å². The van der Waals surface area contributed by atoms with Crippen molar-refractivity contribution in [2.75, 3.05) is 26.4 Å². The van der Waals surface area contributed by atoms with Crippen LogP contribution < -0.4 is 10.9 Å². The molecule has 1 fully saturated rings. The molecule has 0 bridgehead atoms. The minimum Gasteiger partial charge on any atom is -0.349 e. The Hall–Kier alpha value is -2.64. The largest absolute Gasteiger partial charge is 0.349 e. The summed E-state index contributed by atoms with van der Waals surface area (Å²) in [5.41, 5.74) is 2.70. The summed E-state index contributed by atoms with van der Waals surface area (Å²) < 4.78 is 1.54. The molecule has 0 unspecified atom stereocenters. The van der Waals surface area contributed by atoms with Crippen molar-refractivity contribution in [3.8, 4) is 5.69 Å². The summed E-state index contributed by atoms with van der Waals surface area (Å²) in [4.78, 5) is 33.4. The smallest absolute Gasteiger partial charge is 0.265 e. The fraction of sp³-hybridized carbons (Fsp3) is 0.348. The first-order chi connectivity index (χ1) is 14.4. The molecule has 0 radical (unpaired) electrons. The predicted octanol–water partition coefficient (Wildman–Crippen LogP) is 3.24. The number of aryl methyl sites for hydroxylation is 1. The molecule has 156 valence electrons. The summed E-state index contributed by atoms with van der Waals surface area (Å²) in [6.07, 6.45) is 3.62. The number of fused-ring (bicyclic) bond motifs is 1. The molecule has 0 atom stereocenters. The average molecular weight is 423 g/mol. The molecule has 1 saturated carbocycles. The maximum atomic E-state index is 13.3. The maximum Gasteiger partial charge on any atom is 0.265 e. The standard InChI is InChI=1S/C23H26N4O2S/c1-15-4-5-16(22(28)25-17-6-7-17)12-21(15)27-14-24-20-9-8-18(13-19(20)23(27)29)30-11-10-26(2)3/h4-5,8-9,12-14,17H,6-7,10-11H2,1-3H3,(H,25,28). The Balaban J connectivity index is 1.69. The van der Waals surface area contributed by atoms with Crippen LogP contribution in [0.2, 0.25) is 0 Å². The predicted molar refractivity (Wildman–Crippen MR) is 122 cm³/mol. The lowest BCUT2D eigenvalue weighted by Gasteiger charge is -2.13. The number of carbonyl (C=O) groups is 1. The maximum absolute atomic E-state index is 13.3. The number of rotatable bonds is 7. The Bertz CT molecular complexity index is 1150. The normalized spacial score (nSPS) is 13.7. The molecular weight excluding hydrogens is 396 g/mol. The molecule has 1 aromatic heterocycles. The molecule has 3 aromatic rings.